The molecular formula is C53H82Br2O10. The normalized spacial score (nSPS) is 46.0. The van der Waals surface area contributed by atoms with Crippen LogP contribution in [0.2, 0.25) is 0 Å². The Morgan fingerprint density at radius 3 is 2.08 bits per heavy atom. The Morgan fingerprint density at radius 2 is 1.43 bits per heavy atom. The van der Waals surface area contributed by atoms with Gasteiger partial charge in [0.05, 0.1) is 28.0 Å². The highest BCUT2D eigenvalue weighted by Gasteiger charge is 2.66. The summed E-state index contributed by atoms with van der Waals surface area (Å²) in [5.41, 5.74) is 1.54. The van der Waals surface area contributed by atoms with Crippen LogP contribution >= 0.6 is 31.9 Å². The highest BCUT2D eigenvalue weighted by molar-refractivity contribution is 9.09. The number of hydrogen-bond acceptors (Lipinski definition) is 10. The van der Waals surface area contributed by atoms with Crippen molar-refractivity contribution in [3.63, 3.8) is 0 Å². The summed E-state index contributed by atoms with van der Waals surface area (Å²) in [5.74, 6) is 2.96. The molecule has 19 atom stereocenters. The average molecular weight is 1040 g/mol. The molecule has 8 rings (SSSR count). The maximum absolute atomic E-state index is 12.2. The van der Waals surface area contributed by atoms with Crippen molar-refractivity contribution >= 4 is 50.1 Å². The lowest BCUT2D eigenvalue weighted by Crippen LogP contribution is -2.59. The van der Waals surface area contributed by atoms with E-state index in [-0.39, 0.29) is 85.6 Å². The number of carbonyl (C=O) groups excluding carboxylic acids is 3. The number of fused-ring (bicyclic) bond motifs is 10. The van der Waals surface area contributed by atoms with E-state index < -0.39 is 6.10 Å². The molecule has 0 radical (unpaired) electrons. The van der Waals surface area contributed by atoms with E-state index in [9.17, 15) is 24.6 Å². The first-order valence-electron chi connectivity index (χ1n) is 25.6. The standard InChI is InChI=1S/C27H43BrO5.C26H39BrO5/c1-6-8-16(3)32-33-18-9-11-26(4)17(13-18)14-22(29)24-19(26)10-12-27(5)20(24)15-21(28)25(27)31-23(30)7-2;1-16(29)32-24-21(27)15-20-23-19(8-10-26(20,24)3)25(2)9-7-18(13-17(25)14-22(23)30)31-12-6-4-5-11-28/h17-22,24-25,29H,3,6-15H2,1-2,4-5H3;11,14,18-24,30H,4-10,12-13,15H2,1-3H3/t17?,18-,19?,20?,21+,22-,24?,25-,26-,27-;18-,19?,20?,21+,22-,23?,24-,25-,26-/m00/s1. The van der Waals surface area contributed by atoms with E-state index in [0.717, 1.165) is 115 Å². The van der Waals surface area contributed by atoms with E-state index in [2.05, 4.69) is 79.1 Å². The molecule has 8 aliphatic carbocycles. The van der Waals surface area contributed by atoms with Gasteiger partial charge in [-0.15, -0.1) is 0 Å². The summed E-state index contributed by atoms with van der Waals surface area (Å²) in [4.78, 5) is 46.0. The number of aliphatic hydroxyl groups excluding tert-OH is 2. The third kappa shape index (κ3) is 10.0. The maximum atomic E-state index is 12.2. The van der Waals surface area contributed by atoms with Gasteiger partial charge in [0, 0.05) is 43.6 Å². The van der Waals surface area contributed by atoms with Crippen molar-refractivity contribution < 1.29 is 48.6 Å². The van der Waals surface area contributed by atoms with Gasteiger partial charge in [0.15, 0.2) is 0 Å². The van der Waals surface area contributed by atoms with E-state index >= 15 is 0 Å². The number of carbonyl (C=O) groups is 3. The van der Waals surface area contributed by atoms with Gasteiger partial charge in [-0.3, -0.25) is 9.59 Å². The number of alkyl halides is 2. The number of aldehydes is 1. The van der Waals surface area contributed by atoms with Crippen molar-refractivity contribution in [1.29, 1.82) is 0 Å². The minimum absolute atomic E-state index is 0.0713. The summed E-state index contributed by atoms with van der Waals surface area (Å²) in [7, 11) is 0. The van der Waals surface area contributed by atoms with Crippen LogP contribution in [0.25, 0.3) is 0 Å². The largest absolute Gasteiger partial charge is 0.461 e. The average Bonchev–Trinajstić information content (AvgIpc) is 3.66. The van der Waals surface area contributed by atoms with Crippen LogP contribution < -0.4 is 0 Å². The van der Waals surface area contributed by atoms with E-state index in [0.29, 0.717) is 54.8 Å². The third-order valence-corrected chi connectivity index (χ3v) is 21.0. The lowest BCUT2D eigenvalue weighted by atomic mass is 9.44. The Balaban J connectivity index is 0.000000194. The summed E-state index contributed by atoms with van der Waals surface area (Å²) >= 11 is 7.67. The predicted molar refractivity (Wildman–Crippen MR) is 258 cm³/mol. The summed E-state index contributed by atoms with van der Waals surface area (Å²) < 4.78 is 17.9. The minimum atomic E-state index is -0.449. The molecule has 0 aromatic heterocycles. The van der Waals surface area contributed by atoms with E-state index in [1.54, 1.807) is 0 Å². The second-order valence-electron chi connectivity index (χ2n) is 22.8. The topological polar surface area (TPSA) is 138 Å². The number of unbranched alkanes of at least 4 members (excludes halogenated alkanes) is 2. The zero-order valence-electron chi connectivity index (χ0n) is 40.6. The van der Waals surface area contributed by atoms with Gasteiger partial charge in [0.1, 0.15) is 30.4 Å². The van der Waals surface area contributed by atoms with Crippen molar-refractivity contribution in [2.45, 2.75) is 217 Å². The summed E-state index contributed by atoms with van der Waals surface area (Å²) in [6.07, 6.45) is 20.2. The van der Waals surface area contributed by atoms with Gasteiger partial charge < -0.3 is 34.1 Å². The third-order valence-electron chi connectivity index (χ3n) is 19.3. The summed E-state index contributed by atoms with van der Waals surface area (Å²) in [6, 6.07) is 0. The molecule has 7 saturated carbocycles. The van der Waals surface area contributed by atoms with Gasteiger partial charge in [-0.25, -0.2) is 0 Å². The zero-order valence-corrected chi connectivity index (χ0v) is 43.8. The van der Waals surface area contributed by atoms with Crippen LogP contribution in [0.15, 0.2) is 24.0 Å². The van der Waals surface area contributed by atoms with Gasteiger partial charge in [0.2, 0.25) is 0 Å². The summed E-state index contributed by atoms with van der Waals surface area (Å²) in [5, 5.41) is 22.8. The van der Waals surface area contributed by atoms with Crippen LogP contribution in [0.5, 0.6) is 0 Å². The quantitative estimate of drug-likeness (QED) is 0.0253. The fraction of sp³-hybridized carbons (Fsp3) is 0.868. The molecule has 0 heterocycles. The molecule has 2 N–H and O–H groups in total. The van der Waals surface area contributed by atoms with Crippen LogP contribution in [0.4, 0.5) is 0 Å². The lowest BCUT2D eigenvalue weighted by Gasteiger charge is -2.62. The molecular weight excluding hydrogens is 956 g/mol. The molecule has 10 nitrogen and oxygen atoms in total. The number of halogens is 2. The van der Waals surface area contributed by atoms with Gasteiger partial charge in [-0.2, -0.15) is 4.89 Å². The number of allylic oxidation sites excluding steroid dienone is 1. The molecule has 368 valence electrons. The molecule has 0 aliphatic heterocycles. The molecule has 0 aromatic rings. The van der Waals surface area contributed by atoms with Gasteiger partial charge in [-0.05, 0) is 155 Å². The Kier molecular flexibility index (Phi) is 16.6. The van der Waals surface area contributed by atoms with E-state index in [1.807, 2.05) is 6.92 Å². The maximum Gasteiger partial charge on any atom is 0.305 e. The van der Waals surface area contributed by atoms with Crippen molar-refractivity contribution in [3.8, 4) is 0 Å². The highest BCUT2D eigenvalue weighted by Crippen LogP contribution is 2.68. The van der Waals surface area contributed by atoms with E-state index in [1.165, 1.54) is 12.5 Å². The molecule has 0 spiro atoms. The molecule has 7 fully saturated rings. The van der Waals surface area contributed by atoms with E-state index in [4.69, 9.17) is 24.0 Å². The molecule has 0 saturated heterocycles. The molecule has 7 unspecified atom stereocenters. The molecule has 0 amide bonds. The second kappa shape index (κ2) is 21.0. The summed E-state index contributed by atoms with van der Waals surface area (Å²) in [6.45, 7) is 19.6. The molecule has 12 heteroatoms. The van der Waals surface area contributed by atoms with Crippen molar-refractivity contribution in [2.75, 3.05) is 6.61 Å². The van der Waals surface area contributed by atoms with Gasteiger partial charge >= 0.3 is 11.9 Å². The monoisotopic (exact) mass is 1040 g/mol. The van der Waals surface area contributed by atoms with Crippen LogP contribution in [-0.2, 0) is 38.4 Å². The number of rotatable bonds is 14. The number of aliphatic hydroxyl groups is 2. The molecule has 65 heavy (non-hydrogen) atoms. The smallest absolute Gasteiger partial charge is 0.305 e. The van der Waals surface area contributed by atoms with Crippen LogP contribution in [0.1, 0.15) is 170 Å². The fourth-order valence-corrected chi connectivity index (χ4v) is 18.0. The highest BCUT2D eigenvalue weighted by atomic mass is 79.9. The zero-order chi connectivity index (χ0) is 47.1. The first kappa shape index (κ1) is 51.5. The SMILES string of the molecule is C=C(CCC)OO[C@H]1CC[C@@]2(C)C(C1)C[C@H](O)C1C2CC[C@@]2(C)C1C[C@@H](Br)[C@@H]2OC(=O)CC.CC(=O)O[C@H]1[C@H](Br)CC2C3C(CC[C@@]21C)[C@@]1(C)CC[C@H](OCCCCC=O)CC1=C[C@@H]3O. The van der Waals surface area contributed by atoms with Crippen molar-refractivity contribution in [3.05, 3.63) is 24.0 Å². The van der Waals surface area contributed by atoms with Crippen molar-refractivity contribution in [2.24, 2.45) is 63.1 Å². The first-order valence-corrected chi connectivity index (χ1v) is 27.5. The van der Waals surface area contributed by atoms with Crippen LogP contribution in [-0.4, -0.2) is 81.3 Å². The Hall–Kier alpha value is -1.31. The fourth-order valence-electron chi connectivity index (χ4n) is 15.7. The predicted octanol–water partition coefficient (Wildman–Crippen LogP) is 11.3. The van der Waals surface area contributed by atoms with Crippen molar-refractivity contribution in [1.82, 2.24) is 0 Å². The van der Waals surface area contributed by atoms with Crippen LogP contribution in [0.3, 0.4) is 0 Å². The molecule has 0 bridgehead atoms. The van der Waals surface area contributed by atoms with Gasteiger partial charge in [-0.1, -0.05) is 91.6 Å². The number of ether oxygens (including phenoxy) is 3. The minimum Gasteiger partial charge on any atom is -0.461 e. The Morgan fingerprint density at radius 1 is 0.800 bits per heavy atom. The molecule has 0 aromatic carbocycles. The second-order valence-corrected chi connectivity index (χ2v) is 25.2. The van der Waals surface area contributed by atoms with Crippen LogP contribution in [0, 0.1) is 63.1 Å². The number of hydrogen-bond donors (Lipinski definition) is 2. The Bertz CT molecular complexity index is 1740. The molecule has 8 aliphatic rings. The number of esters is 2. The Labute approximate surface area is 407 Å². The lowest BCUT2D eigenvalue weighted by molar-refractivity contribution is -0.313. The first-order chi connectivity index (χ1) is 30.8. The van der Waals surface area contributed by atoms with Gasteiger partial charge in [0.25, 0.3) is 0 Å².